The van der Waals surface area contributed by atoms with Gasteiger partial charge >= 0.3 is 0 Å². The van der Waals surface area contributed by atoms with Crippen LogP contribution in [0.4, 0.5) is 10.1 Å². The van der Waals surface area contributed by atoms with Crippen molar-refractivity contribution in [3.63, 3.8) is 0 Å². The molecule has 1 atom stereocenters. The Morgan fingerprint density at radius 1 is 1.03 bits per heavy atom. The number of hydrogen-bond donors (Lipinski definition) is 1. The van der Waals surface area contributed by atoms with Crippen molar-refractivity contribution in [3.05, 3.63) is 95.3 Å². The second-order valence-corrected chi connectivity index (χ2v) is 9.51. The third-order valence-corrected chi connectivity index (χ3v) is 6.27. The molecule has 0 aliphatic rings. The van der Waals surface area contributed by atoms with E-state index in [0.717, 1.165) is 21.9 Å². The van der Waals surface area contributed by atoms with Crippen molar-refractivity contribution in [1.82, 2.24) is 5.32 Å². The molecule has 0 spiro atoms. The van der Waals surface area contributed by atoms with Gasteiger partial charge in [0.2, 0.25) is 10.0 Å². The van der Waals surface area contributed by atoms with Crippen molar-refractivity contribution < 1.29 is 22.3 Å². The Labute approximate surface area is 194 Å². The number of rotatable bonds is 9. The van der Waals surface area contributed by atoms with Gasteiger partial charge in [-0.1, -0.05) is 30.3 Å². The van der Waals surface area contributed by atoms with Crippen LogP contribution in [0.25, 0.3) is 0 Å². The highest BCUT2D eigenvalue weighted by molar-refractivity contribution is 7.92. The van der Waals surface area contributed by atoms with Crippen LogP contribution in [0.15, 0.2) is 72.8 Å². The first-order valence-corrected chi connectivity index (χ1v) is 12.4. The Morgan fingerprint density at radius 3 is 2.24 bits per heavy atom. The monoisotopic (exact) mass is 470 g/mol. The van der Waals surface area contributed by atoms with Gasteiger partial charge in [-0.3, -0.25) is 9.10 Å². The molecule has 0 heterocycles. The van der Waals surface area contributed by atoms with Crippen molar-refractivity contribution in [2.45, 2.75) is 26.4 Å². The first-order chi connectivity index (χ1) is 15.7. The average molecular weight is 471 g/mol. The van der Waals surface area contributed by atoms with E-state index in [0.29, 0.717) is 17.9 Å². The van der Waals surface area contributed by atoms with E-state index in [4.69, 9.17) is 4.74 Å². The molecule has 1 N–H and O–H groups in total. The second kappa shape index (κ2) is 10.5. The number of carbonyl (C=O) groups is 1. The van der Waals surface area contributed by atoms with Gasteiger partial charge in [-0.2, -0.15) is 0 Å². The number of hydrogen-bond acceptors (Lipinski definition) is 4. The Balaban J connectivity index is 1.73. The molecular formula is C25H27FN2O4S. The fourth-order valence-corrected chi connectivity index (χ4v) is 4.22. The maximum atomic E-state index is 14.1. The molecule has 0 aliphatic heterocycles. The molecule has 0 fully saturated rings. The molecule has 3 aromatic rings. The van der Waals surface area contributed by atoms with E-state index >= 15 is 0 Å². The minimum absolute atomic E-state index is 0.147. The van der Waals surface area contributed by atoms with Gasteiger partial charge in [0.05, 0.1) is 31.1 Å². The summed E-state index contributed by atoms with van der Waals surface area (Å²) in [6.07, 6.45) is 1.06. The lowest BCUT2D eigenvalue weighted by atomic mass is 10.1. The molecule has 3 aromatic carbocycles. The fraction of sp³-hybridized carbons (Fsp3) is 0.240. The van der Waals surface area contributed by atoms with Crippen molar-refractivity contribution in [1.29, 1.82) is 0 Å². The quantitative estimate of drug-likeness (QED) is 0.493. The van der Waals surface area contributed by atoms with E-state index in [2.05, 4.69) is 5.32 Å². The number of amides is 1. The van der Waals surface area contributed by atoms with Crippen molar-refractivity contribution in [3.8, 4) is 5.75 Å². The largest absolute Gasteiger partial charge is 0.494 e. The molecule has 33 heavy (non-hydrogen) atoms. The third-order valence-electron chi connectivity index (χ3n) is 5.13. The number of benzene rings is 3. The zero-order valence-electron chi connectivity index (χ0n) is 18.8. The number of sulfonamides is 1. The van der Waals surface area contributed by atoms with Crippen LogP contribution < -0.4 is 14.4 Å². The lowest BCUT2D eigenvalue weighted by Gasteiger charge is -2.23. The molecule has 0 aliphatic carbocycles. The van der Waals surface area contributed by atoms with Crippen LogP contribution in [0.3, 0.4) is 0 Å². The topological polar surface area (TPSA) is 75.7 Å². The van der Waals surface area contributed by atoms with Crippen LogP contribution in [0.2, 0.25) is 0 Å². The smallest absolute Gasteiger partial charge is 0.251 e. The van der Waals surface area contributed by atoms with Gasteiger partial charge in [0.1, 0.15) is 11.6 Å². The van der Waals surface area contributed by atoms with Crippen molar-refractivity contribution >= 4 is 21.6 Å². The van der Waals surface area contributed by atoms with Crippen molar-refractivity contribution in [2.24, 2.45) is 0 Å². The number of nitrogens with one attached hydrogen (secondary N) is 1. The highest BCUT2D eigenvalue weighted by Gasteiger charge is 2.20. The second-order valence-electron chi connectivity index (χ2n) is 7.61. The number of ether oxygens (including phenoxy) is 1. The molecule has 0 bridgehead atoms. The molecule has 1 amide bonds. The van der Waals surface area contributed by atoms with Gasteiger partial charge in [0.25, 0.3) is 5.91 Å². The zero-order chi connectivity index (χ0) is 24.0. The number of anilines is 1. The molecule has 6 nitrogen and oxygen atoms in total. The van der Waals surface area contributed by atoms with E-state index < -0.39 is 15.8 Å². The minimum Gasteiger partial charge on any atom is -0.494 e. The van der Waals surface area contributed by atoms with Crippen LogP contribution >= 0.6 is 0 Å². The number of halogens is 1. The Morgan fingerprint density at radius 2 is 1.67 bits per heavy atom. The summed E-state index contributed by atoms with van der Waals surface area (Å²) in [5.74, 6) is -0.00505. The molecule has 0 saturated heterocycles. The van der Waals surface area contributed by atoms with Crippen LogP contribution in [0.1, 0.15) is 41.4 Å². The Bertz CT molecular complexity index is 1200. The molecule has 174 valence electrons. The summed E-state index contributed by atoms with van der Waals surface area (Å²) in [5, 5.41) is 2.93. The van der Waals surface area contributed by atoms with E-state index in [1.165, 1.54) is 12.1 Å². The molecular weight excluding hydrogens is 443 g/mol. The fourth-order valence-electron chi connectivity index (χ4n) is 3.34. The summed E-state index contributed by atoms with van der Waals surface area (Å²) in [6.45, 7) is 4.23. The summed E-state index contributed by atoms with van der Waals surface area (Å²) in [7, 11) is -3.67. The van der Waals surface area contributed by atoms with Gasteiger partial charge in [-0.05, 0) is 61.9 Å². The molecule has 0 aromatic heterocycles. The van der Waals surface area contributed by atoms with Crippen LogP contribution in [-0.4, -0.2) is 27.2 Å². The summed E-state index contributed by atoms with van der Waals surface area (Å²) in [4.78, 5) is 12.7. The average Bonchev–Trinajstić information content (AvgIpc) is 2.78. The normalized spacial score (nSPS) is 12.1. The predicted octanol–water partition coefficient (Wildman–Crippen LogP) is 4.68. The van der Waals surface area contributed by atoms with E-state index in [9.17, 15) is 17.6 Å². The Hall–Kier alpha value is -3.39. The highest BCUT2D eigenvalue weighted by atomic mass is 32.2. The molecule has 3 rings (SSSR count). The van der Waals surface area contributed by atoms with E-state index in [1.807, 2.05) is 38.1 Å². The van der Waals surface area contributed by atoms with E-state index in [-0.39, 0.29) is 24.1 Å². The maximum Gasteiger partial charge on any atom is 0.251 e. The summed E-state index contributed by atoms with van der Waals surface area (Å²) in [6, 6.07) is 19.5. The number of nitrogens with zero attached hydrogens (tertiary/aromatic N) is 1. The minimum atomic E-state index is -3.67. The van der Waals surface area contributed by atoms with Gasteiger partial charge < -0.3 is 10.1 Å². The van der Waals surface area contributed by atoms with Crippen LogP contribution in [0.5, 0.6) is 5.75 Å². The first kappa shape index (κ1) is 24.3. The maximum absolute atomic E-state index is 14.1. The van der Waals surface area contributed by atoms with E-state index in [1.54, 1.807) is 36.4 Å². The molecule has 8 heteroatoms. The highest BCUT2D eigenvalue weighted by Crippen LogP contribution is 2.23. The molecule has 1 unspecified atom stereocenters. The van der Waals surface area contributed by atoms with Crippen molar-refractivity contribution in [2.75, 3.05) is 17.2 Å². The van der Waals surface area contributed by atoms with Gasteiger partial charge in [-0.15, -0.1) is 0 Å². The third kappa shape index (κ3) is 6.32. The molecule has 0 radical (unpaired) electrons. The lowest BCUT2D eigenvalue weighted by molar-refractivity contribution is 0.0940. The van der Waals surface area contributed by atoms with Gasteiger partial charge in [-0.25, -0.2) is 12.8 Å². The standard InChI is InChI=1S/C25H27FN2O4S/c1-4-32-23-15-11-19(12-16-23)18(2)27-25(29)20-9-13-22(14-10-20)28(33(3,30)31)17-21-7-5-6-8-24(21)26/h5-16,18H,4,17H2,1-3H3,(H,27,29). The zero-order valence-corrected chi connectivity index (χ0v) is 19.6. The number of carbonyl (C=O) groups excluding carboxylic acids is 1. The summed E-state index contributed by atoms with van der Waals surface area (Å²) >= 11 is 0. The van der Waals surface area contributed by atoms with Gasteiger partial charge in [0, 0.05) is 11.1 Å². The van der Waals surface area contributed by atoms with Crippen LogP contribution in [0, 0.1) is 5.82 Å². The Kier molecular flexibility index (Phi) is 7.71. The van der Waals surface area contributed by atoms with Gasteiger partial charge in [0.15, 0.2) is 0 Å². The first-order valence-electron chi connectivity index (χ1n) is 10.5. The SMILES string of the molecule is CCOc1ccc(C(C)NC(=O)c2ccc(N(Cc3ccccc3F)S(C)(=O)=O)cc2)cc1. The summed E-state index contributed by atoms with van der Waals surface area (Å²) < 4.78 is 45.3. The van der Waals surface area contributed by atoms with Crippen LogP contribution in [-0.2, 0) is 16.6 Å². The molecule has 0 saturated carbocycles. The summed E-state index contributed by atoms with van der Waals surface area (Å²) in [5.41, 5.74) is 1.92. The predicted molar refractivity (Wildman–Crippen MR) is 127 cm³/mol. The lowest BCUT2D eigenvalue weighted by Crippen LogP contribution is -2.30.